The van der Waals surface area contributed by atoms with Crippen LogP contribution in [-0.2, 0) is 9.53 Å². The number of rotatable bonds is 8. The van der Waals surface area contributed by atoms with Crippen LogP contribution in [0.5, 0.6) is 5.75 Å². The summed E-state index contributed by atoms with van der Waals surface area (Å²) in [5, 5.41) is 22.4. The van der Waals surface area contributed by atoms with Crippen LogP contribution < -0.4 is 20.9 Å². The average Bonchev–Trinajstić information content (AvgIpc) is 3.61. The van der Waals surface area contributed by atoms with Gasteiger partial charge in [-0.1, -0.05) is 24.3 Å². The van der Waals surface area contributed by atoms with Gasteiger partial charge in [-0.15, -0.1) is 10.2 Å². The Balaban J connectivity index is 0.791. The third-order valence-corrected chi connectivity index (χ3v) is 13.5. The molecule has 318 valence electrons. The number of para-hydroxylation sites is 1. The molecule has 61 heavy (non-hydrogen) atoms. The molecular weight excluding hydrogens is 771 g/mol. The third-order valence-electron chi connectivity index (χ3n) is 13.5. The highest BCUT2D eigenvalue weighted by molar-refractivity contribution is 6.09. The Morgan fingerprint density at radius 1 is 0.869 bits per heavy atom. The molecular formula is C47H55N9O5. The fourth-order valence-corrected chi connectivity index (χ4v) is 10.0. The van der Waals surface area contributed by atoms with E-state index in [1.165, 1.54) is 5.69 Å². The number of morpholine rings is 1. The Bertz CT molecular complexity index is 2490. The summed E-state index contributed by atoms with van der Waals surface area (Å²) in [4.78, 5) is 47.0. The van der Waals surface area contributed by atoms with E-state index in [0.29, 0.717) is 61.7 Å². The van der Waals surface area contributed by atoms with Gasteiger partial charge in [-0.25, -0.2) is 4.79 Å². The van der Waals surface area contributed by atoms with Gasteiger partial charge in [0.05, 0.1) is 29.2 Å². The van der Waals surface area contributed by atoms with Crippen LogP contribution in [0.1, 0.15) is 77.0 Å². The van der Waals surface area contributed by atoms with Gasteiger partial charge in [-0.05, 0) is 112 Å². The van der Waals surface area contributed by atoms with Crippen LogP contribution in [0.25, 0.3) is 22.2 Å². The van der Waals surface area contributed by atoms with Crippen LogP contribution in [0.15, 0.2) is 66.7 Å². The molecule has 0 radical (unpaired) electrons. The third kappa shape index (κ3) is 7.90. The van der Waals surface area contributed by atoms with Crippen molar-refractivity contribution in [3.05, 3.63) is 94.7 Å². The summed E-state index contributed by atoms with van der Waals surface area (Å²) in [7, 11) is 0. The number of urea groups is 1. The van der Waals surface area contributed by atoms with Crippen LogP contribution >= 0.6 is 0 Å². The van der Waals surface area contributed by atoms with E-state index in [9.17, 15) is 19.5 Å². The Morgan fingerprint density at radius 2 is 1.66 bits per heavy atom. The zero-order valence-electron chi connectivity index (χ0n) is 35.3. The fourth-order valence-electron chi connectivity index (χ4n) is 10.0. The first-order valence-electron chi connectivity index (χ1n) is 21.7. The number of nitrogens with two attached hydrogens (primary N) is 1. The van der Waals surface area contributed by atoms with Crippen molar-refractivity contribution in [2.75, 3.05) is 74.5 Å². The molecule has 5 aromatic rings. The number of nitrogens with zero attached hydrogens (tertiary/aromatic N) is 7. The number of amides is 4. The number of fused-ring (bicyclic) bond motifs is 1. The normalized spacial score (nSPS) is 19.8. The number of nitrogen functional groups attached to an aromatic ring is 1. The molecule has 4 N–H and O–H groups in total. The van der Waals surface area contributed by atoms with Crippen molar-refractivity contribution >= 4 is 45.9 Å². The van der Waals surface area contributed by atoms with Gasteiger partial charge >= 0.3 is 6.03 Å². The number of benzene rings is 3. The van der Waals surface area contributed by atoms with E-state index in [-0.39, 0.29) is 29.7 Å². The van der Waals surface area contributed by atoms with Crippen molar-refractivity contribution in [3.63, 3.8) is 0 Å². The molecule has 14 heteroatoms. The SMILES string of the molecule is Cc1c(C(=O)N2CCC(CN3CCC(n4c(C)cc5c(N6CCC(=O)NC6=O)cccc54)CC3)CC2)ccc([C@H]2CN(c3cc(-c4ccccc4O)nnc3N)CCO2)c1C. The summed E-state index contributed by atoms with van der Waals surface area (Å²) >= 11 is 0. The summed E-state index contributed by atoms with van der Waals surface area (Å²) in [6.07, 6.45) is 4.17. The minimum atomic E-state index is -0.356. The van der Waals surface area contributed by atoms with Gasteiger partial charge in [0, 0.05) is 87.0 Å². The van der Waals surface area contributed by atoms with E-state index >= 15 is 0 Å². The summed E-state index contributed by atoms with van der Waals surface area (Å²) in [5.74, 6) is 0.873. The highest BCUT2D eigenvalue weighted by atomic mass is 16.5. The molecule has 4 fully saturated rings. The number of aromatic hydroxyl groups is 1. The smallest absolute Gasteiger partial charge is 0.328 e. The molecule has 6 heterocycles. The van der Waals surface area contributed by atoms with Crippen molar-refractivity contribution in [2.24, 2.45) is 5.92 Å². The van der Waals surface area contributed by atoms with E-state index in [0.717, 1.165) is 103 Å². The number of carbonyl (C=O) groups excluding carboxylic acids is 3. The van der Waals surface area contributed by atoms with Gasteiger partial charge in [-0.2, -0.15) is 0 Å². The largest absolute Gasteiger partial charge is 0.507 e. The number of aryl methyl sites for hydroxylation is 1. The monoisotopic (exact) mass is 825 g/mol. The molecule has 0 saturated carbocycles. The number of carbonyl (C=O) groups is 3. The van der Waals surface area contributed by atoms with Gasteiger partial charge < -0.3 is 34.8 Å². The summed E-state index contributed by atoms with van der Waals surface area (Å²) in [6, 6.07) is 21.3. The molecule has 4 aliphatic heterocycles. The number of phenolic OH excluding ortho intramolecular Hbond substituents is 1. The molecule has 4 saturated heterocycles. The molecule has 0 aliphatic carbocycles. The van der Waals surface area contributed by atoms with E-state index in [4.69, 9.17) is 10.5 Å². The van der Waals surface area contributed by atoms with Gasteiger partial charge in [0.1, 0.15) is 11.9 Å². The van der Waals surface area contributed by atoms with Gasteiger partial charge in [0.2, 0.25) is 5.91 Å². The zero-order valence-corrected chi connectivity index (χ0v) is 35.3. The molecule has 9 rings (SSSR count). The molecule has 14 nitrogen and oxygen atoms in total. The van der Waals surface area contributed by atoms with Crippen LogP contribution in [0.4, 0.5) is 22.0 Å². The molecule has 0 bridgehead atoms. The lowest BCUT2D eigenvalue weighted by atomic mass is 9.91. The van der Waals surface area contributed by atoms with Crippen molar-refractivity contribution in [1.29, 1.82) is 0 Å². The number of piperidine rings is 2. The van der Waals surface area contributed by atoms with Crippen molar-refractivity contribution < 1.29 is 24.2 Å². The quantitative estimate of drug-likeness (QED) is 0.157. The number of aromatic nitrogens is 3. The summed E-state index contributed by atoms with van der Waals surface area (Å²) in [6.45, 7) is 13.0. The molecule has 3 aromatic carbocycles. The van der Waals surface area contributed by atoms with Gasteiger partial charge in [0.25, 0.3) is 5.91 Å². The van der Waals surface area contributed by atoms with Crippen LogP contribution in [-0.4, -0.2) is 106 Å². The zero-order chi connectivity index (χ0) is 42.4. The Morgan fingerprint density at radius 3 is 2.43 bits per heavy atom. The van der Waals surface area contributed by atoms with Crippen LogP contribution in [0.3, 0.4) is 0 Å². The topological polar surface area (TPSA) is 162 Å². The fraction of sp³-hybridized carbons (Fsp3) is 0.426. The second-order valence-corrected chi connectivity index (χ2v) is 17.2. The Hall–Kier alpha value is -5.99. The molecule has 0 unspecified atom stereocenters. The molecule has 1 atom stereocenters. The van der Waals surface area contributed by atoms with E-state index in [1.807, 2.05) is 42.2 Å². The number of nitrogens with one attached hydrogen (secondary N) is 1. The summed E-state index contributed by atoms with van der Waals surface area (Å²) < 4.78 is 8.76. The Kier molecular flexibility index (Phi) is 11.1. The predicted molar refractivity (Wildman–Crippen MR) is 236 cm³/mol. The Labute approximate surface area is 356 Å². The predicted octanol–water partition coefficient (Wildman–Crippen LogP) is 6.52. The van der Waals surface area contributed by atoms with E-state index < -0.39 is 0 Å². The lowest BCUT2D eigenvalue weighted by Gasteiger charge is -2.38. The minimum absolute atomic E-state index is 0.0943. The number of phenols is 1. The maximum Gasteiger partial charge on any atom is 0.328 e. The number of likely N-dealkylation sites (tertiary alicyclic amines) is 2. The minimum Gasteiger partial charge on any atom is -0.507 e. The maximum atomic E-state index is 14.0. The number of hydrogen-bond donors (Lipinski definition) is 3. The number of imide groups is 1. The molecule has 0 spiro atoms. The van der Waals surface area contributed by atoms with Crippen molar-refractivity contribution in [3.8, 4) is 17.0 Å². The van der Waals surface area contributed by atoms with E-state index in [1.54, 1.807) is 23.1 Å². The van der Waals surface area contributed by atoms with Crippen LogP contribution in [0, 0.1) is 26.7 Å². The molecule has 4 aliphatic rings. The number of anilines is 3. The highest BCUT2D eigenvalue weighted by Gasteiger charge is 2.32. The average molecular weight is 826 g/mol. The first kappa shape index (κ1) is 40.4. The standard InChI is InChI=1S/C47H55N9O5/c1-29-25-37-39(55-22-17-44(58)49-47(55)60)8-6-9-40(37)56(29)33-15-18-52(19-16-33)27-32-13-20-53(21-14-32)46(59)35-12-11-34(30(2)31(35)3)43-28-54(23-24-61-43)41-26-38(50-51-45(41)48)36-7-4-5-10-42(36)57/h4-12,25-26,32-33,43,57H,13-24,27-28H2,1-3H3,(H2,48,51)(H,49,58,60)/t43-/m1/s1. The first-order chi connectivity index (χ1) is 29.5. The first-order valence-corrected chi connectivity index (χ1v) is 21.7. The second kappa shape index (κ2) is 16.8. The van der Waals surface area contributed by atoms with Crippen molar-refractivity contribution in [1.82, 2.24) is 29.9 Å². The highest BCUT2D eigenvalue weighted by Crippen LogP contribution is 2.38. The summed E-state index contributed by atoms with van der Waals surface area (Å²) in [5.41, 5.74) is 15.2. The molecule has 2 aromatic heterocycles. The van der Waals surface area contributed by atoms with E-state index in [2.05, 4.69) is 61.9 Å². The lowest BCUT2D eigenvalue weighted by Crippen LogP contribution is -2.49. The molecule has 4 amide bonds. The second-order valence-electron chi connectivity index (χ2n) is 17.2. The van der Waals surface area contributed by atoms with Gasteiger partial charge in [-0.3, -0.25) is 19.8 Å². The number of hydrogen-bond acceptors (Lipinski definition) is 10. The van der Waals surface area contributed by atoms with Gasteiger partial charge in [0.15, 0.2) is 5.82 Å². The maximum absolute atomic E-state index is 14.0. The lowest BCUT2D eigenvalue weighted by molar-refractivity contribution is -0.120. The number of ether oxygens (including phenoxy) is 1. The van der Waals surface area contributed by atoms with Crippen molar-refractivity contribution in [2.45, 2.75) is 65.0 Å². The van der Waals surface area contributed by atoms with Crippen LogP contribution in [0.2, 0.25) is 0 Å².